The predicted octanol–water partition coefficient (Wildman–Crippen LogP) is -1.94. The molecule has 0 saturated carbocycles. The number of aromatic hydroxyl groups is 1. The van der Waals surface area contributed by atoms with E-state index in [-0.39, 0.29) is 18.1 Å². The van der Waals surface area contributed by atoms with Gasteiger partial charge in [-0.2, -0.15) is 0 Å². The topological polar surface area (TPSA) is 140 Å². The number of hydrogen-bond donors (Lipinski definition) is 6. The van der Waals surface area contributed by atoms with Crippen molar-refractivity contribution in [2.45, 2.75) is 37.3 Å². The molecule has 1 heterocycles. The van der Waals surface area contributed by atoms with E-state index in [4.69, 9.17) is 19.7 Å². The maximum Gasteiger partial charge on any atom is 0.229 e. The van der Waals surface area contributed by atoms with Gasteiger partial charge in [0.05, 0.1) is 13.2 Å². The molecule has 0 bridgehead atoms. The van der Waals surface area contributed by atoms with Gasteiger partial charge in [-0.1, -0.05) is 6.07 Å². The summed E-state index contributed by atoms with van der Waals surface area (Å²) in [5.74, 6) is -0.310. The van der Waals surface area contributed by atoms with Crippen LogP contribution in [0.1, 0.15) is 5.56 Å². The number of phenolic OH excluding ortho intramolecular Hbond substituents is 1. The Morgan fingerprint density at radius 2 is 1.76 bits per heavy atom. The Balaban J connectivity index is 2.18. The van der Waals surface area contributed by atoms with Crippen LogP contribution in [0.5, 0.6) is 11.5 Å². The maximum atomic E-state index is 9.83. The SMILES string of the molecule is OCc1ccc(O)c(O[C@@H]2O[C@H](CO)[C@@H](O)[C@H](O)[C@H]2O)c1. The maximum absolute atomic E-state index is 9.83. The number of phenols is 1. The lowest BCUT2D eigenvalue weighted by molar-refractivity contribution is -0.277. The van der Waals surface area contributed by atoms with Crippen LogP contribution in [-0.2, 0) is 11.3 Å². The van der Waals surface area contributed by atoms with Gasteiger partial charge in [0.1, 0.15) is 24.4 Å². The molecule has 1 fully saturated rings. The van der Waals surface area contributed by atoms with Crippen molar-refractivity contribution in [1.82, 2.24) is 0 Å². The fourth-order valence-electron chi connectivity index (χ4n) is 2.04. The molecule has 1 aliphatic rings. The monoisotopic (exact) mass is 302 g/mol. The molecule has 1 aliphatic heterocycles. The number of rotatable bonds is 4. The summed E-state index contributed by atoms with van der Waals surface area (Å²) in [5.41, 5.74) is 0.465. The molecule has 118 valence electrons. The smallest absolute Gasteiger partial charge is 0.229 e. The Morgan fingerprint density at radius 1 is 1.05 bits per heavy atom. The first-order valence-electron chi connectivity index (χ1n) is 6.38. The van der Waals surface area contributed by atoms with Gasteiger partial charge in [-0.15, -0.1) is 0 Å². The number of aliphatic hydroxyl groups excluding tert-OH is 5. The fourth-order valence-corrected chi connectivity index (χ4v) is 2.04. The summed E-state index contributed by atoms with van der Waals surface area (Å²) in [6, 6.07) is 4.12. The highest BCUT2D eigenvalue weighted by Gasteiger charge is 2.44. The lowest BCUT2D eigenvalue weighted by Gasteiger charge is -2.39. The molecule has 1 saturated heterocycles. The standard InChI is InChI=1S/C13H18O8/c14-4-6-1-2-7(16)8(3-6)20-13-12(19)11(18)10(17)9(5-15)21-13/h1-3,9-19H,4-5H2/t9-,10-,11+,12-,13-/m1/s1. The molecule has 8 nitrogen and oxygen atoms in total. The Kier molecular flexibility index (Phi) is 4.99. The third kappa shape index (κ3) is 3.26. The summed E-state index contributed by atoms with van der Waals surface area (Å²) < 4.78 is 10.4. The van der Waals surface area contributed by atoms with Gasteiger partial charge in [-0.25, -0.2) is 0 Å². The molecular formula is C13H18O8. The second-order valence-electron chi connectivity index (χ2n) is 4.78. The number of benzene rings is 1. The predicted molar refractivity (Wildman–Crippen MR) is 68.4 cm³/mol. The quantitative estimate of drug-likeness (QED) is 0.378. The van der Waals surface area contributed by atoms with E-state index in [1.165, 1.54) is 18.2 Å². The van der Waals surface area contributed by atoms with E-state index in [0.29, 0.717) is 5.56 Å². The van der Waals surface area contributed by atoms with Crippen LogP contribution < -0.4 is 4.74 Å². The van der Waals surface area contributed by atoms with Gasteiger partial charge < -0.3 is 40.1 Å². The Bertz CT molecular complexity index is 477. The van der Waals surface area contributed by atoms with E-state index in [2.05, 4.69) is 0 Å². The Morgan fingerprint density at radius 3 is 2.38 bits per heavy atom. The van der Waals surface area contributed by atoms with Gasteiger partial charge in [0.25, 0.3) is 0 Å². The molecule has 0 unspecified atom stereocenters. The van der Waals surface area contributed by atoms with Crippen molar-refractivity contribution >= 4 is 0 Å². The average molecular weight is 302 g/mol. The molecule has 0 aromatic heterocycles. The van der Waals surface area contributed by atoms with Crippen LogP contribution >= 0.6 is 0 Å². The van der Waals surface area contributed by atoms with Crippen molar-refractivity contribution in [2.75, 3.05) is 6.61 Å². The summed E-state index contributed by atoms with van der Waals surface area (Å²) in [5, 5.41) is 56.9. The molecule has 21 heavy (non-hydrogen) atoms. The van der Waals surface area contributed by atoms with E-state index >= 15 is 0 Å². The van der Waals surface area contributed by atoms with E-state index in [1.807, 2.05) is 0 Å². The zero-order valence-electron chi connectivity index (χ0n) is 11.0. The van der Waals surface area contributed by atoms with Crippen LogP contribution in [0.2, 0.25) is 0 Å². The lowest BCUT2D eigenvalue weighted by atomic mass is 9.99. The zero-order valence-corrected chi connectivity index (χ0v) is 11.0. The van der Waals surface area contributed by atoms with E-state index in [9.17, 15) is 20.4 Å². The van der Waals surface area contributed by atoms with Crippen molar-refractivity contribution in [2.24, 2.45) is 0 Å². The van der Waals surface area contributed by atoms with Gasteiger partial charge >= 0.3 is 0 Å². The largest absolute Gasteiger partial charge is 0.504 e. The minimum absolute atomic E-state index is 0.0640. The molecule has 0 amide bonds. The summed E-state index contributed by atoms with van der Waals surface area (Å²) in [7, 11) is 0. The molecule has 1 aromatic carbocycles. The van der Waals surface area contributed by atoms with Crippen molar-refractivity contribution in [1.29, 1.82) is 0 Å². The highest BCUT2D eigenvalue weighted by atomic mass is 16.7. The van der Waals surface area contributed by atoms with Crippen LogP contribution in [0.15, 0.2) is 18.2 Å². The van der Waals surface area contributed by atoms with E-state index in [0.717, 1.165) is 0 Å². The summed E-state index contributed by atoms with van der Waals surface area (Å²) in [4.78, 5) is 0. The molecule has 6 N–H and O–H groups in total. The number of ether oxygens (including phenoxy) is 2. The first-order chi connectivity index (χ1) is 9.97. The lowest BCUT2D eigenvalue weighted by Crippen LogP contribution is -2.60. The number of hydrogen-bond acceptors (Lipinski definition) is 8. The Hall–Kier alpha value is -1.42. The van der Waals surface area contributed by atoms with Crippen LogP contribution in [-0.4, -0.2) is 68.0 Å². The zero-order chi connectivity index (χ0) is 15.6. The van der Waals surface area contributed by atoms with Crippen molar-refractivity contribution < 1.29 is 40.1 Å². The Labute approximate surface area is 120 Å². The van der Waals surface area contributed by atoms with Crippen LogP contribution in [0.4, 0.5) is 0 Å². The van der Waals surface area contributed by atoms with Gasteiger partial charge in [0, 0.05) is 0 Å². The summed E-state index contributed by atoms with van der Waals surface area (Å²) in [6.45, 7) is -0.848. The number of aliphatic hydroxyl groups is 5. The second kappa shape index (κ2) is 6.56. The third-order valence-corrected chi connectivity index (χ3v) is 3.30. The molecule has 8 heteroatoms. The molecule has 0 aliphatic carbocycles. The highest BCUT2D eigenvalue weighted by molar-refractivity contribution is 5.41. The van der Waals surface area contributed by atoms with Crippen molar-refractivity contribution in [3.8, 4) is 11.5 Å². The van der Waals surface area contributed by atoms with Gasteiger partial charge in [0.15, 0.2) is 11.5 Å². The van der Waals surface area contributed by atoms with Crippen LogP contribution in [0, 0.1) is 0 Å². The molecule has 5 atom stereocenters. The molecule has 0 radical (unpaired) electrons. The van der Waals surface area contributed by atoms with Gasteiger partial charge in [-0.05, 0) is 17.7 Å². The first-order valence-corrected chi connectivity index (χ1v) is 6.38. The molecular weight excluding hydrogens is 284 g/mol. The second-order valence-corrected chi connectivity index (χ2v) is 4.78. The van der Waals surface area contributed by atoms with Crippen molar-refractivity contribution in [3.63, 3.8) is 0 Å². The van der Waals surface area contributed by atoms with Crippen molar-refractivity contribution in [3.05, 3.63) is 23.8 Å². The highest BCUT2D eigenvalue weighted by Crippen LogP contribution is 2.31. The normalized spacial score (nSPS) is 32.9. The minimum Gasteiger partial charge on any atom is -0.504 e. The van der Waals surface area contributed by atoms with E-state index < -0.39 is 37.3 Å². The molecule has 0 spiro atoms. The van der Waals surface area contributed by atoms with E-state index in [1.54, 1.807) is 0 Å². The van der Waals surface area contributed by atoms with Crippen LogP contribution in [0.3, 0.4) is 0 Å². The van der Waals surface area contributed by atoms with Gasteiger partial charge in [-0.3, -0.25) is 0 Å². The third-order valence-electron chi connectivity index (χ3n) is 3.30. The molecule has 1 aromatic rings. The van der Waals surface area contributed by atoms with Gasteiger partial charge in [0.2, 0.25) is 6.29 Å². The first kappa shape index (κ1) is 16.0. The minimum atomic E-state index is -1.57. The summed E-state index contributed by atoms with van der Waals surface area (Å²) >= 11 is 0. The average Bonchev–Trinajstić information content (AvgIpc) is 2.49. The summed E-state index contributed by atoms with van der Waals surface area (Å²) in [6.07, 6.45) is -7.11. The van der Waals surface area contributed by atoms with Crippen LogP contribution in [0.25, 0.3) is 0 Å². The fraction of sp³-hybridized carbons (Fsp3) is 0.538. The molecule has 2 rings (SSSR count).